The zero-order valence-corrected chi connectivity index (χ0v) is 13.8. The van der Waals surface area contributed by atoms with Crippen molar-refractivity contribution < 1.29 is 9.18 Å². The second-order valence-electron chi connectivity index (χ2n) is 5.10. The molecule has 6 heteroatoms. The van der Waals surface area contributed by atoms with Crippen LogP contribution in [0, 0.1) is 17.3 Å². The fourth-order valence-electron chi connectivity index (χ4n) is 2.18. The summed E-state index contributed by atoms with van der Waals surface area (Å²) in [5.41, 5.74) is 2.29. The molecule has 1 amide bonds. The van der Waals surface area contributed by atoms with Gasteiger partial charge in [-0.2, -0.15) is 5.26 Å². The Labute approximate surface area is 148 Å². The molecule has 2 aromatic rings. The van der Waals surface area contributed by atoms with Gasteiger partial charge in [0, 0.05) is 5.56 Å². The molecule has 1 aliphatic rings. The lowest BCUT2D eigenvalue weighted by Gasteiger charge is -1.98. The van der Waals surface area contributed by atoms with Crippen molar-refractivity contribution in [1.82, 2.24) is 5.32 Å². The Morgan fingerprint density at radius 2 is 1.80 bits per heavy atom. The smallest absolute Gasteiger partial charge is 0.264 e. The summed E-state index contributed by atoms with van der Waals surface area (Å²) in [6, 6.07) is 14.1. The van der Waals surface area contributed by atoms with Gasteiger partial charge in [-0.1, -0.05) is 54.6 Å². The van der Waals surface area contributed by atoms with Crippen LogP contribution in [-0.4, -0.2) is 11.1 Å². The number of nitrogens with one attached hydrogen (secondary N) is 1. The van der Waals surface area contributed by atoms with E-state index in [4.69, 9.17) is 5.26 Å². The van der Waals surface area contributed by atoms with Gasteiger partial charge in [-0.3, -0.25) is 10.1 Å². The van der Waals surface area contributed by atoms with Crippen molar-refractivity contribution >= 4 is 41.1 Å². The monoisotopic (exact) mass is 349 g/mol. The maximum atomic E-state index is 13.6. The van der Waals surface area contributed by atoms with Gasteiger partial charge in [0.05, 0.1) is 4.91 Å². The van der Waals surface area contributed by atoms with E-state index in [0.29, 0.717) is 10.5 Å². The van der Waals surface area contributed by atoms with E-state index in [1.807, 2.05) is 30.3 Å². The molecule has 122 valence electrons. The molecule has 0 saturated carbocycles. The number of thioether (sulfide) groups is 1. The Balaban J connectivity index is 1.74. The first kappa shape index (κ1) is 16.7. The minimum atomic E-state index is -0.275. The normalized spacial score (nSPS) is 17.2. The molecular formula is C19H12FN3OS. The van der Waals surface area contributed by atoms with Crippen molar-refractivity contribution in [2.45, 2.75) is 0 Å². The van der Waals surface area contributed by atoms with Crippen LogP contribution < -0.4 is 5.32 Å². The van der Waals surface area contributed by atoms with Gasteiger partial charge < -0.3 is 0 Å². The van der Waals surface area contributed by atoms with E-state index < -0.39 is 0 Å². The molecular weight excluding hydrogens is 337 g/mol. The van der Waals surface area contributed by atoms with Crippen molar-refractivity contribution in [1.29, 1.82) is 5.26 Å². The summed E-state index contributed by atoms with van der Waals surface area (Å²) >= 11 is 1.12. The number of aliphatic imine (C=N–C) groups is 1. The number of amidine groups is 1. The zero-order chi connectivity index (χ0) is 17.6. The molecule has 1 N–H and O–H groups in total. The van der Waals surface area contributed by atoms with Gasteiger partial charge in [-0.05, 0) is 35.0 Å². The van der Waals surface area contributed by atoms with Gasteiger partial charge >= 0.3 is 0 Å². The Kier molecular flexibility index (Phi) is 5.07. The maximum absolute atomic E-state index is 13.6. The number of halogens is 1. The molecule has 0 atom stereocenters. The number of nitriles is 1. The van der Waals surface area contributed by atoms with Gasteiger partial charge in [-0.25, -0.2) is 4.39 Å². The molecule has 0 unspecified atom stereocenters. The Hall–Kier alpha value is -3.17. The zero-order valence-electron chi connectivity index (χ0n) is 12.9. The Morgan fingerprint density at radius 1 is 1.08 bits per heavy atom. The van der Waals surface area contributed by atoms with E-state index in [9.17, 15) is 9.18 Å². The largest absolute Gasteiger partial charge is 0.300 e. The minimum Gasteiger partial charge on any atom is -0.300 e. The molecule has 0 bridgehead atoms. The number of benzene rings is 2. The van der Waals surface area contributed by atoms with Gasteiger partial charge in [0.2, 0.25) is 6.19 Å². The number of rotatable bonds is 3. The number of amides is 1. The number of carbonyl (C=O) groups excluding carboxylic acids is 1. The van der Waals surface area contributed by atoms with E-state index in [-0.39, 0.29) is 16.9 Å². The fourth-order valence-corrected chi connectivity index (χ4v) is 2.95. The number of hydrogen-bond acceptors (Lipinski definition) is 4. The Bertz CT molecular complexity index is 940. The van der Waals surface area contributed by atoms with Crippen LogP contribution in [0.5, 0.6) is 0 Å². The number of hydrogen-bond donors (Lipinski definition) is 1. The molecule has 25 heavy (non-hydrogen) atoms. The number of nitrogens with zero attached hydrogens (tertiary/aromatic N) is 2. The van der Waals surface area contributed by atoms with Gasteiger partial charge in [-0.15, -0.1) is 4.99 Å². The van der Waals surface area contributed by atoms with Crippen LogP contribution in [-0.2, 0) is 4.79 Å². The third-order valence-corrected chi connectivity index (χ3v) is 4.31. The standard InChI is InChI=1S/C19H12FN3OS/c20-16-4-2-1-3-15(16)10-9-13-5-7-14(8-6-13)11-17-18(24)23-19(25-17)22-12-21/h1-11H,(H,22,23,24). The first-order chi connectivity index (χ1) is 12.2. The Morgan fingerprint density at radius 3 is 2.52 bits per heavy atom. The fraction of sp³-hybridized carbons (Fsp3) is 0. The van der Waals surface area contributed by atoms with E-state index >= 15 is 0 Å². The summed E-state index contributed by atoms with van der Waals surface area (Å²) in [4.78, 5) is 15.8. The summed E-state index contributed by atoms with van der Waals surface area (Å²) in [5, 5.41) is 11.3. The predicted octanol–water partition coefficient (Wildman–Crippen LogP) is 4.04. The van der Waals surface area contributed by atoms with Gasteiger partial charge in [0.1, 0.15) is 5.82 Å². The first-order valence-corrected chi connectivity index (χ1v) is 8.18. The maximum Gasteiger partial charge on any atom is 0.264 e. The van der Waals surface area contributed by atoms with E-state index in [1.54, 1.807) is 36.5 Å². The summed E-state index contributed by atoms with van der Waals surface area (Å²) in [5.74, 6) is -0.540. The van der Waals surface area contributed by atoms with Crippen molar-refractivity contribution in [3.63, 3.8) is 0 Å². The lowest BCUT2D eigenvalue weighted by molar-refractivity contribution is -0.115. The van der Waals surface area contributed by atoms with Gasteiger partial charge in [0.15, 0.2) is 5.17 Å². The van der Waals surface area contributed by atoms with Crippen LogP contribution in [0.3, 0.4) is 0 Å². The second-order valence-corrected chi connectivity index (χ2v) is 6.13. The van der Waals surface area contributed by atoms with Crippen molar-refractivity contribution in [2.24, 2.45) is 4.99 Å². The first-order valence-electron chi connectivity index (χ1n) is 7.36. The number of carbonyl (C=O) groups is 1. The highest BCUT2D eigenvalue weighted by Gasteiger charge is 2.23. The van der Waals surface area contributed by atoms with Gasteiger partial charge in [0.25, 0.3) is 5.91 Å². The highest BCUT2D eigenvalue weighted by Crippen LogP contribution is 2.26. The summed E-state index contributed by atoms with van der Waals surface area (Å²) in [7, 11) is 0. The predicted molar refractivity (Wildman–Crippen MR) is 98.5 cm³/mol. The quantitative estimate of drug-likeness (QED) is 0.517. The highest BCUT2D eigenvalue weighted by molar-refractivity contribution is 8.18. The molecule has 4 nitrogen and oxygen atoms in total. The molecule has 1 aliphatic heterocycles. The molecule has 2 aromatic carbocycles. The molecule has 0 aliphatic carbocycles. The van der Waals surface area contributed by atoms with Crippen molar-refractivity contribution in [3.05, 3.63) is 75.9 Å². The van der Waals surface area contributed by atoms with Crippen LogP contribution in [0.25, 0.3) is 18.2 Å². The van der Waals surface area contributed by atoms with E-state index in [0.717, 1.165) is 22.9 Å². The molecule has 1 fully saturated rings. The molecule has 1 heterocycles. The molecule has 3 rings (SSSR count). The average Bonchev–Trinajstić information content (AvgIpc) is 2.95. The summed E-state index contributed by atoms with van der Waals surface area (Å²) in [6.45, 7) is 0. The summed E-state index contributed by atoms with van der Waals surface area (Å²) < 4.78 is 13.6. The minimum absolute atomic E-state index is 0.265. The third-order valence-electron chi connectivity index (χ3n) is 3.40. The van der Waals surface area contributed by atoms with Crippen LogP contribution in [0.4, 0.5) is 4.39 Å². The molecule has 0 radical (unpaired) electrons. The highest BCUT2D eigenvalue weighted by atomic mass is 32.2. The van der Waals surface area contributed by atoms with Crippen molar-refractivity contribution in [2.75, 3.05) is 0 Å². The van der Waals surface area contributed by atoms with Crippen LogP contribution in [0.2, 0.25) is 0 Å². The average molecular weight is 349 g/mol. The van der Waals surface area contributed by atoms with E-state index in [1.165, 1.54) is 6.07 Å². The lowest BCUT2D eigenvalue weighted by atomic mass is 10.1. The van der Waals surface area contributed by atoms with Crippen LogP contribution in [0.1, 0.15) is 16.7 Å². The topological polar surface area (TPSA) is 65.2 Å². The third kappa shape index (κ3) is 4.22. The lowest BCUT2D eigenvalue weighted by Crippen LogP contribution is -2.19. The molecule has 0 spiro atoms. The summed E-state index contributed by atoms with van der Waals surface area (Å²) in [6.07, 6.45) is 6.91. The van der Waals surface area contributed by atoms with Crippen LogP contribution >= 0.6 is 11.8 Å². The molecule has 0 aromatic heterocycles. The van der Waals surface area contributed by atoms with E-state index in [2.05, 4.69) is 10.3 Å². The molecule has 1 saturated heterocycles. The van der Waals surface area contributed by atoms with Crippen LogP contribution in [0.15, 0.2) is 58.4 Å². The SMILES string of the molecule is N#CN=C1NC(=O)C(=Cc2ccc(C=Cc3ccccc3F)cc2)S1. The van der Waals surface area contributed by atoms with Crippen molar-refractivity contribution in [3.8, 4) is 6.19 Å². The second kappa shape index (κ2) is 7.60.